The fourth-order valence-electron chi connectivity index (χ4n) is 2.75. The van der Waals surface area contributed by atoms with Crippen LogP contribution >= 0.6 is 11.8 Å². The Morgan fingerprint density at radius 1 is 1.39 bits per heavy atom. The first-order valence-electron chi connectivity index (χ1n) is 6.75. The molecule has 0 amide bonds. The third kappa shape index (κ3) is 3.28. The molecule has 0 aromatic heterocycles. The molecule has 0 radical (unpaired) electrons. The Morgan fingerprint density at radius 3 is 2.78 bits per heavy atom. The summed E-state index contributed by atoms with van der Waals surface area (Å²) in [5.41, 5.74) is 1.41. The third-order valence-electron chi connectivity index (χ3n) is 3.80. The summed E-state index contributed by atoms with van der Waals surface area (Å²) in [5, 5.41) is 3.66. The van der Waals surface area contributed by atoms with Crippen molar-refractivity contribution in [3.8, 4) is 0 Å². The number of rotatable bonds is 4. The maximum absolute atomic E-state index is 3.66. The van der Waals surface area contributed by atoms with Crippen molar-refractivity contribution in [1.29, 1.82) is 0 Å². The van der Waals surface area contributed by atoms with Crippen LogP contribution in [0.1, 0.15) is 25.5 Å². The van der Waals surface area contributed by atoms with E-state index < -0.39 is 0 Å². The largest absolute Gasteiger partial charge is 0.307 e. The Kier molecular flexibility index (Phi) is 5.10. The minimum Gasteiger partial charge on any atom is -0.307 e. The summed E-state index contributed by atoms with van der Waals surface area (Å²) >= 11 is 1.94. The zero-order valence-corrected chi connectivity index (χ0v) is 12.4. The zero-order valence-electron chi connectivity index (χ0n) is 11.6. The van der Waals surface area contributed by atoms with Crippen molar-refractivity contribution in [1.82, 2.24) is 10.2 Å². The van der Waals surface area contributed by atoms with Crippen LogP contribution in [0.15, 0.2) is 30.3 Å². The second-order valence-corrected chi connectivity index (χ2v) is 6.13. The second-order valence-electron chi connectivity index (χ2n) is 5.22. The highest BCUT2D eigenvalue weighted by molar-refractivity contribution is 7.98. The van der Waals surface area contributed by atoms with E-state index in [1.165, 1.54) is 11.3 Å². The number of benzene rings is 1. The lowest BCUT2D eigenvalue weighted by Gasteiger charge is -2.42. The van der Waals surface area contributed by atoms with Crippen LogP contribution in [0.3, 0.4) is 0 Å². The highest BCUT2D eigenvalue weighted by Gasteiger charge is 2.28. The number of nitrogens with zero attached hydrogens (tertiary/aromatic N) is 1. The molecule has 1 aromatic rings. The van der Waals surface area contributed by atoms with E-state index in [1.54, 1.807) is 0 Å². The molecule has 1 saturated heterocycles. The lowest BCUT2D eigenvalue weighted by Crippen LogP contribution is -2.55. The number of thioether (sulfide) groups is 1. The summed E-state index contributed by atoms with van der Waals surface area (Å²) in [4.78, 5) is 2.64. The molecule has 0 saturated carbocycles. The minimum absolute atomic E-state index is 0.478. The van der Waals surface area contributed by atoms with Crippen molar-refractivity contribution < 1.29 is 0 Å². The molecule has 3 unspecified atom stereocenters. The third-order valence-corrected chi connectivity index (χ3v) is 4.61. The number of hydrogen-bond acceptors (Lipinski definition) is 3. The van der Waals surface area contributed by atoms with Crippen molar-refractivity contribution in [2.24, 2.45) is 0 Å². The lowest BCUT2D eigenvalue weighted by atomic mass is 10.0. The van der Waals surface area contributed by atoms with E-state index in [2.05, 4.69) is 60.7 Å². The second kappa shape index (κ2) is 6.60. The molecule has 18 heavy (non-hydrogen) atoms. The van der Waals surface area contributed by atoms with Gasteiger partial charge in [0.05, 0.1) is 0 Å². The predicted molar refractivity (Wildman–Crippen MR) is 81.2 cm³/mol. The van der Waals surface area contributed by atoms with Crippen LogP contribution in [0.2, 0.25) is 0 Å². The highest BCUT2D eigenvalue weighted by Crippen LogP contribution is 2.22. The Morgan fingerprint density at radius 2 is 2.11 bits per heavy atom. The molecule has 1 fully saturated rings. The van der Waals surface area contributed by atoms with E-state index in [1.807, 2.05) is 11.8 Å². The van der Waals surface area contributed by atoms with Gasteiger partial charge in [-0.05, 0) is 25.7 Å². The summed E-state index contributed by atoms with van der Waals surface area (Å²) in [6, 6.07) is 12.6. The van der Waals surface area contributed by atoms with E-state index in [9.17, 15) is 0 Å². The molecular formula is C15H24N2S. The SMILES string of the molecule is CSCC(C)N1CC(c2ccccc2)NCC1C. The summed E-state index contributed by atoms with van der Waals surface area (Å²) in [6.07, 6.45) is 2.19. The molecule has 0 spiro atoms. The monoisotopic (exact) mass is 264 g/mol. The molecule has 1 heterocycles. The van der Waals surface area contributed by atoms with Crippen LogP contribution in [0.4, 0.5) is 0 Å². The van der Waals surface area contributed by atoms with Crippen LogP contribution < -0.4 is 5.32 Å². The molecule has 1 N–H and O–H groups in total. The van der Waals surface area contributed by atoms with Crippen molar-refractivity contribution in [2.75, 3.05) is 25.1 Å². The molecule has 2 nitrogen and oxygen atoms in total. The van der Waals surface area contributed by atoms with Gasteiger partial charge >= 0.3 is 0 Å². The lowest BCUT2D eigenvalue weighted by molar-refractivity contribution is 0.109. The first kappa shape index (κ1) is 13.9. The van der Waals surface area contributed by atoms with Gasteiger partial charge < -0.3 is 5.32 Å². The van der Waals surface area contributed by atoms with Gasteiger partial charge in [-0.3, -0.25) is 4.90 Å². The number of nitrogens with one attached hydrogen (secondary N) is 1. The summed E-state index contributed by atoms with van der Waals surface area (Å²) < 4.78 is 0. The normalized spacial score (nSPS) is 27.1. The molecule has 1 aliphatic heterocycles. The first-order valence-corrected chi connectivity index (χ1v) is 8.14. The number of piperazine rings is 1. The average molecular weight is 264 g/mol. The highest BCUT2D eigenvalue weighted by atomic mass is 32.2. The Bertz CT molecular complexity index is 355. The van der Waals surface area contributed by atoms with Gasteiger partial charge in [-0.15, -0.1) is 0 Å². The maximum atomic E-state index is 3.66. The molecule has 0 aliphatic carbocycles. The predicted octanol–water partition coefficient (Wildman–Crippen LogP) is 2.77. The van der Waals surface area contributed by atoms with Gasteiger partial charge in [0.2, 0.25) is 0 Å². The summed E-state index contributed by atoms with van der Waals surface area (Å²) in [5.74, 6) is 1.21. The molecule has 1 aromatic carbocycles. The van der Waals surface area contributed by atoms with Gasteiger partial charge in [0.25, 0.3) is 0 Å². The van der Waals surface area contributed by atoms with E-state index in [0.29, 0.717) is 18.1 Å². The van der Waals surface area contributed by atoms with Crippen LogP contribution in [0, 0.1) is 0 Å². The van der Waals surface area contributed by atoms with Gasteiger partial charge in [-0.2, -0.15) is 11.8 Å². The van der Waals surface area contributed by atoms with Crippen LogP contribution in [-0.4, -0.2) is 42.1 Å². The van der Waals surface area contributed by atoms with E-state index in [4.69, 9.17) is 0 Å². The van der Waals surface area contributed by atoms with Gasteiger partial charge in [0.15, 0.2) is 0 Å². The first-order chi connectivity index (χ1) is 8.72. The molecule has 0 bridgehead atoms. The molecular weight excluding hydrogens is 240 g/mol. The van der Waals surface area contributed by atoms with Crippen molar-refractivity contribution in [2.45, 2.75) is 32.0 Å². The standard InChI is InChI=1S/C15H24N2S/c1-12-9-16-15(14-7-5-4-6-8-14)10-17(12)13(2)11-18-3/h4-8,12-13,15-16H,9-11H2,1-3H3. The Balaban J connectivity index is 2.04. The fraction of sp³-hybridized carbons (Fsp3) is 0.600. The fourth-order valence-corrected chi connectivity index (χ4v) is 3.42. The van der Waals surface area contributed by atoms with E-state index in [-0.39, 0.29) is 0 Å². The molecule has 1 aliphatic rings. The molecule has 2 rings (SSSR count). The van der Waals surface area contributed by atoms with Crippen molar-refractivity contribution in [3.63, 3.8) is 0 Å². The van der Waals surface area contributed by atoms with Gasteiger partial charge in [0, 0.05) is 37.0 Å². The van der Waals surface area contributed by atoms with Gasteiger partial charge in [-0.25, -0.2) is 0 Å². The van der Waals surface area contributed by atoms with Crippen LogP contribution in [0.5, 0.6) is 0 Å². The zero-order chi connectivity index (χ0) is 13.0. The summed E-state index contributed by atoms with van der Waals surface area (Å²) in [6.45, 7) is 6.87. The quantitative estimate of drug-likeness (QED) is 0.900. The van der Waals surface area contributed by atoms with E-state index in [0.717, 1.165) is 13.1 Å². The average Bonchev–Trinajstić information content (AvgIpc) is 2.40. The van der Waals surface area contributed by atoms with Crippen LogP contribution in [-0.2, 0) is 0 Å². The topological polar surface area (TPSA) is 15.3 Å². The Hall–Kier alpha value is -0.510. The van der Waals surface area contributed by atoms with Gasteiger partial charge in [0.1, 0.15) is 0 Å². The maximum Gasteiger partial charge on any atom is 0.0450 e. The Labute approximate surface area is 115 Å². The molecule has 3 atom stereocenters. The van der Waals surface area contributed by atoms with E-state index >= 15 is 0 Å². The van der Waals surface area contributed by atoms with Crippen molar-refractivity contribution >= 4 is 11.8 Å². The van der Waals surface area contributed by atoms with Gasteiger partial charge in [-0.1, -0.05) is 30.3 Å². The summed E-state index contributed by atoms with van der Waals surface area (Å²) in [7, 11) is 0. The van der Waals surface area contributed by atoms with Crippen LogP contribution in [0.25, 0.3) is 0 Å². The number of hydrogen-bond donors (Lipinski definition) is 1. The smallest absolute Gasteiger partial charge is 0.0450 e. The molecule has 3 heteroatoms. The van der Waals surface area contributed by atoms with Crippen molar-refractivity contribution in [3.05, 3.63) is 35.9 Å². The minimum atomic E-state index is 0.478. The molecule has 100 valence electrons.